The predicted molar refractivity (Wildman–Crippen MR) is 417 cm³/mol. The van der Waals surface area contributed by atoms with E-state index in [0.717, 1.165) is 87.7 Å². The van der Waals surface area contributed by atoms with Gasteiger partial charge in [-0.15, -0.1) is 0 Å². The van der Waals surface area contributed by atoms with Crippen molar-refractivity contribution in [3.63, 3.8) is 0 Å². The molecule has 10 N–H and O–H groups in total. The number of ketones is 1. The van der Waals surface area contributed by atoms with Crippen molar-refractivity contribution in [1.82, 2.24) is 49.3 Å². The van der Waals surface area contributed by atoms with E-state index in [1.807, 2.05) is 183 Å². The Morgan fingerprint density at radius 3 is 1.28 bits per heavy atom. The summed E-state index contributed by atoms with van der Waals surface area (Å²) in [6.07, 6.45) is 7.20. The summed E-state index contributed by atoms with van der Waals surface area (Å²) in [5.41, 5.74) is 21.0. The largest absolute Gasteiger partial charge is 1.00 e. The molecule has 110 heavy (non-hydrogen) atoms. The number of aliphatic hydroxyl groups is 4. The molecule has 0 saturated carbocycles. The van der Waals surface area contributed by atoms with E-state index < -0.39 is 9.85 Å². The number of carbonyl (C=O) groups is 2. The SMILES string of the molecule is Cc1cc(CCC(=O)Cc2ccc(N3CC(O)C3)nc2)n(-c2cccc(Cl)c2)n1.Cc1cc(CCC(=O)Oc2ccccc2)n(-c2cccc(Cl)c2)n1.Cc1cc(CN)n(-c2cccc(Cl)c2)n1.Nc1ccc(N2CC(O)C2)nc1.O=[N+]([O-])c1ccc(Cl)nc1.O=[N+]([O-])c1ccc(N2CC(O)C2)nc1.OC1C[NH2+]C1.[Cl-]. The topological polar surface area (TPSA) is 394 Å². The van der Waals surface area contributed by atoms with E-state index in [9.17, 15) is 34.9 Å². The Labute approximate surface area is 660 Å². The van der Waals surface area contributed by atoms with Crippen molar-refractivity contribution in [2.75, 3.05) is 72.8 Å². The molecule has 4 saturated heterocycles. The van der Waals surface area contributed by atoms with Crippen LogP contribution in [-0.2, 0) is 35.4 Å². The maximum absolute atomic E-state index is 12.5. The Bertz CT molecular complexity index is 4760. The van der Waals surface area contributed by atoms with Crippen molar-refractivity contribution >= 4 is 92.7 Å². The number of nitrogens with zero attached hydrogens (tertiary/aromatic N) is 15. The van der Waals surface area contributed by atoms with Crippen molar-refractivity contribution in [3.8, 4) is 22.8 Å². The number of anilines is 4. The van der Waals surface area contributed by atoms with Gasteiger partial charge in [0.2, 0.25) is 0 Å². The maximum atomic E-state index is 12.5. The van der Waals surface area contributed by atoms with E-state index in [0.29, 0.717) is 104 Å². The van der Waals surface area contributed by atoms with Crippen LogP contribution in [0.2, 0.25) is 20.2 Å². The van der Waals surface area contributed by atoms with Gasteiger partial charge in [-0.1, -0.05) is 88.9 Å². The average Bonchev–Trinajstić information content (AvgIpc) is 1.62. The highest BCUT2D eigenvalue weighted by Crippen LogP contribution is 2.26. The summed E-state index contributed by atoms with van der Waals surface area (Å²) in [5.74, 6) is 2.85. The molecule has 0 atom stereocenters. The number of hydrogen-bond donors (Lipinski definition) is 7. The van der Waals surface area contributed by atoms with Gasteiger partial charge in [0.15, 0.2) is 6.10 Å². The number of ether oxygens (including phenoxy) is 1. The first-order chi connectivity index (χ1) is 52.3. The first-order valence-corrected chi connectivity index (χ1v) is 36.1. The smallest absolute Gasteiger partial charge is 0.311 e. The van der Waals surface area contributed by atoms with Crippen LogP contribution in [0.1, 0.15) is 52.6 Å². The van der Waals surface area contributed by atoms with Crippen LogP contribution in [0.5, 0.6) is 5.75 Å². The Balaban J connectivity index is 0.000000169. The van der Waals surface area contributed by atoms with Crippen LogP contribution in [0.3, 0.4) is 0 Å². The van der Waals surface area contributed by atoms with Gasteiger partial charge < -0.3 is 69.1 Å². The second-order valence-corrected chi connectivity index (χ2v) is 27.2. The molecule has 4 aliphatic rings. The zero-order chi connectivity index (χ0) is 78.1. The Hall–Kier alpha value is -10.5. The number of hydrogen-bond acceptors (Lipinski definition) is 23. The van der Waals surface area contributed by atoms with Gasteiger partial charge in [0.05, 0.1) is 86.3 Å². The van der Waals surface area contributed by atoms with Gasteiger partial charge in [0.1, 0.15) is 59.6 Å². The molecule has 0 bridgehead atoms. The molecule has 0 amide bonds. The van der Waals surface area contributed by atoms with E-state index in [-0.39, 0.29) is 71.5 Å². The number of carbonyl (C=O) groups excluding carboxylic acids is 2. The van der Waals surface area contributed by atoms with Crippen LogP contribution in [-0.4, -0.2) is 168 Å². The van der Waals surface area contributed by atoms with E-state index >= 15 is 0 Å². The number of para-hydroxylation sites is 1. The number of β-amino-alcohol motifs (C(OH)–C–C–N with tert-alkyl or cyclic N) is 3. The summed E-state index contributed by atoms with van der Waals surface area (Å²) in [7, 11) is 0. The average molecular weight is 1600 g/mol. The third kappa shape index (κ3) is 26.4. The molecule has 11 heterocycles. The summed E-state index contributed by atoms with van der Waals surface area (Å²) in [5, 5.41) is 74.0. The molecule has 0 spiro atoms. The number of aryl methyl sites for hydroxylation is 5. The maximum Gasteiger partial charge on any atom is 0.311 e. The molecule has 15 rings (SSSR count). The number of Topliss-reactive ketones (excluding diaryl/α,β-unsaturated/α-hetero) is 1. The van der Waals surface area contributed by atoms with E-state index in [1.54, 1.807) is 30.6 Å². The standard InChI is InChI=1S/C22H23ClN4O2.C19H17ClN2O2.C11H12ClN3.C8H9N3O3.C8H11N3O.C5H3ClN2O2.C3H7NO.ClH/c1-15-9-19(27(25-15)18-4-2-3-17(23)11-18)6-7-20(28)10-16-5-8-22(24-12-16)26-13-21(29)14-26;1-14-12-17(22(21-14)16-7-5-6-15(20)13-16)10-11-19(23)24-18-8-3-2-4-9-18;1-8-5-11(7-13)15(14-8)10-4-2-3-9(12)6-10;12-7-4-10(5-7)8-2-1-6(3-9-8)11(13)14;9-6-1-2-8(10-3-6)11-4-7(12)5-11;6-5-2-1-4(3-7-5)8(9)10;5-3-1-4-2-3;/h2-5,8-9,11-12,21,29H,6-7,10,13-14H2,1H3;2-9,12-13H,10-11H2,1H3;2-6H,7,13H2,1H3;1-3,7,12H,4-5H2;1-3,7,12H,4-5,9H2;1-3H;3-5H,1-2H2;1H. The summed E-state index contributed by atoms with van der Waals surface area (Å²) < 4.78 is 10.8. The number of nitro groups is 2. The molecule has 29 nitrogen and oxygen atoms in total. The first-order valence-electron chi connectivity index (χ1n) is 34.5. The molecule has 4 aromatic carbocycles. The monoisotopic (exact) mass is 1600 g/mol. The Morgan fingerprint density at radius 1 is 0.509 bits per heavy atom. The number of esters is 1. The lowest BCUT2D eigenvalue weighted by atomic mass is 10.1. The van der Waals surface area contributed by atoms with Crippen molar-refractivity contribution in [3.05, 3.63) is 275 Å². The molecular formula is C76H83Cl5N18O11. The van der Waals surface area contributed by atoms with Gasteiger partial charge in [0, 0.05) is 110 Å². The minimum absolute atomic E-state index is 0. The minimum atomic E-state index is -0.524. The number of quaternary nitrogens is 1. The fraction of sp³-hybridized carbons (Fsp3) is 0.276. The Kier molecular flexibility index (Phi) is 32.4. The number of nitrogen functional groups attached to an aromatic ring is 1. The predicted octanol–water partition coefficient (Wildman–Crippen LogP) is 6.41. The van der Waals surface area contributed by atoms with Gasteiger partial charge in [-0.05, 0) is 148 Å². The van der Waals surface area contributed by atoms with Gasteiger partial charge >= 0.3 is 5.97 Å². The quantitative estimate of drug-likeness (QED) is 0.0160. The lowest BCUT2D eigenvalue weighted by Crippen LogP contribution is -3.00. The number of benzene rings is 4. The molecule has 7 aromatic heterocycles. The fourth-order valence-corrected chi connectivity index (χ4v) is 11.5. The number of aliphatic hydroxyl groups excluding tert-OH is 4. The molecule has 578 valence electrons. The summed E-state index contributed by atoms with van der Waals surface area (Å²) in [6.45, 7) is 11.8. The van der Waals surface area contributed by atoms with Crippen molar-refractivity contribution in [1.29, 1.82) is 0 Å². The number of pyridine rings is 4. The summed E-state index contributed by atoms with van der Waals surface area (Å²) >= 11 is 23.5. The molecule has 4 aliphatic heterocycles. The fourth-order valence-electron chi connectivity index (χ4n) is 10.8. The van der Waals surface area contributed by atoms with E-state index in [1.165, 1.54) is 24.4 Å². The molecule has 11 aromatic rings. The van der Waals surface area contributed by atoms with Gasteiger partial charge in [-0.3, -0.25) is 29.8 Å². The van der Waals surface area contributed by atoms with Crippen LogP contribution < -0.4 is 48.6 Å². The van der Waals surface area contributed by atoms with Crippen LogP contribution in [0.15, 0.2) is 195 Å². The molecule has 0 radical (unpaired) electrons. The summed E-state index contributed by atoms with van der Waals surface area (Å²) in [6, 6.07) is 50.8. The van der Waals surface area contributed by atoms with E-state index in [4.69, 9.17) is 77.9 Å². The van der Waals surface area contributed by atoms with Gasteiger partial charge in [-0.2, -0.15) is 15.3 Å². The van der Waals surface area contributed by atoms with Crippen molar-refractivity contribution in [2.45, 2.75) is 83.8 Å². The molecule has 34 heteroatoms. The van der Waals surface area contributed by atoms with Crippen LogP contribution >= 0.6 is 46.4 Å². The number of aromatic nitrogens is 10. The lowest BCUT2D eigenvalue weighted by molar-refractivity contribution is -0.723. The summed E-state index contributed by atoms with van der Waals surface area (Å²) in [4.78, 5) is 65.7. The van der Waals surface area contributed by atoms with Crippen molar-refractivity contribution < 1.29 is 62.3 Å². The third-order valence-electron chi connectivity index (χ3n) is 16.6. The molecule has 4 fully saturated rings. The lowest BCUT2D eigenvalue weighted by Gasteiger charge is -2.36. The van der Waals surface area contributed by atoms with E-state index in [2.05, 4.69) is 40.5 Å². The third-order valence-corrected chi connectivity index (χ3v) is 17.5. The highest BCUT2D eigenvalue weighted by Gasteiger charge is 2.28. The molecule has 0 unspecified atom stereocenters. The zero-order valence-corrected chi connectivity index (χ0v) is 63.9. The van der Waals surface area contributed by atoms with Gasteiger partial charge in [0.25, 0.3) is 11.4 Å². The second kappa shape index (κ2) is 41.9. The first kappa shape index (κ1) is 85.1. The number of nitrogens with two attached hydrogens (primary N) is 3. The molecular weight excluding hydrogens is 1520 g/mol. The Morgan fingerprint density at radius 2 is 0.918 bits per heavy atom. The highest BCUT2D eigenvalue weighted by atomic mass is 35.5. The zero-order valence-electron chi connectivity index (χ0n) is 60.2. The number of halogens is 5. The van der Waals surface area contributed by atoms with Crippen molar-refractivity contribution in [2.24, 2.45) is 5.73 Å². The van der Waals surface area contributed by atoms with Crippen LogP contribution in [0.4, 0.5) is 34.5 Å². The highest BCUT2D eigenvalue weighted by molar-refractivity contribution is 6.31. The normalized spacial score (nSPS) is 13.5. The van der Waals surface area contributed by atoms with Gasteiger partial charge in [-0.25, -0.2) is 34.0 Å². The van der Waals surface area contributed by atoms with Crippen LogP contribution in [0.25, 0.3) is 17.1 Å². The number of rotatable bonds is 18. The molecule has 0 aliphatic carbocycles. The van der Waals surface area contributed by atoms with Crippen LogP contribution in [0, 0.1) is 41.0 Å². The minimum Gasteiger partial charge on any atom is -1.00 e. The second-order valence-electron chi connectivity index (χ2n) is 25.5.